The minimum atomic E-state index is -0.480. The molecule has 0 aliphatic carbocycles. The van der Waals surface area contributed by atoms with Crippen molar-refractivity contribution < 1.29 is 14.6 Å². The van der Waals surface area contributed by atoms with Gasteiger partial charge in [-0.05, 0) is 30.0 Å². The molecule has 3 nitrogen and oxygen atoms in total. The first-order valence-electron chi connectivity index (χ1n) is 6.90. The minimum absolute atomic E-state index is 0.228. The summed E-state index contributed by atoms with van der Waals surface area (Å²) in [4.78, 5) is 0. The molecule has 0 saturated heterocycles. The first kappa shape index (κ1) is 14.7. The fourth-order valence-corrected chi connectivity index (χ4v) is 2.90. The summed E-state index contributed by atoms with van der Waals surface area (Å²) in [7, 11) is 0. The van der Waals surface area contributed by atoms with Gasteiger partial charge in [-0.2, -0.15) is 0 Å². The third-order valence-corrected chi connectivity index (χ3v) is 4.16. The maximum atomic E-state index is 10.4. The van der Waals surface area contributed by atoms with E-state index in [0.29, 0.717) is 13.2 Å². The molecule has 4 heteroatoms. The third kappa shape index (κ3) is 3.42. The quantitative estimate of drug-likeness (QED) is 0.905. The maximum absolute atomic E-state index is 10.4. The summed E-state index contributed by atoms with van der Waals surface area (Å²) >= 11 is 3.53. The first-order chi connectivity index (χ1) is 9.13. The highest BCUT2D eigenvalue weighted by atomic mass is 79.9. The van der Waals surface area contributed by atoms with Crippen LogP contribution >= 0.6 is 15.9 Å². The van der Waals surface area contributed by atoms with Crippen molar-refractivity contribution in [1.29, 1.82) is 0 Å². The fraction of sp³-hybridized carbons (Fsp3) is 0.600. The summed E-state index contributed by atoms with van der Waals surface area (Å²) < 4.78 is 12.2. The van der Waals surface area contributed by atoms with Crippen molar-refractivity contribution in [3.63, 3.8) is 0 Å². The van der Waals surface area contributed by atoms with Crippen molar-refractivity contribution in [2.24, 2.45) is 5.92 Å². The molecule has 2 rings (SSSR count). The van der Waals surface area contributed by atoms with Crippen molar-refractivity contribution in [2.45, 2.75) is 39.2 Å². The molecule has 0 bridgehead atoms. The molecule has 0 fully saturated rings. The molecule has 0 saturated carbocycles. The second-order valence-electron chi connectivity index (χ2n) is 5.08. The van der Waals surface area contributed by atoms with E-state index in [-0.39, 0.29) is 5.92 Å². The van der Waals surface area contributed by atoms with E-state index in [4.69, 9.17) is 9.47 Å². The van der Waals surface area contributed by atoms with Gasteiger partial charge in [0.2, 0.25) is 0 Å². The highest BCUT2D eigenvalue weighted by Gasteiger charge is 2.22. The SMILES string of the molecule is CCCC(C)C(O)c1cc2c(cc1Br)OCCCO2. The second kappa shape index (κ2) is 6.62. The Kier molecular flexibility index (Phi) is 5.11. The van der Waals surface area contributed by atoms with Crippen LogP contribution < -0.4 is 9.47 Å². The van der Waals surface area contributed by atoms with Crippen LogP contribution in [0.1, 0.15) is 44.8 Å². The molecule has 1 heterocycles. The Morgan fingerprint density at radius 3 is 2.53 bits per heavy atom. The zero-order valence-electron chi connectivity index (χ0n) is 11.5. The molecular weight excluding hydrogens is 308 g/mol. The Labute approximate surface area is 123 Å². The van der Waals surface area contributed by atoms with Crippen LogP contribution in [-0.4, -0.2) is 18.3 Å². The molecule has 106 valence electrons. The van der Waals surface area contributed by atoms with Crippen LogP contribution in [0.15, 0.2) is 16.6 Å². The number of aliphatic hydroxyl groups is 1. The maximum Gasteiger partial charge on any atom is 0.162 e. The summed E-state index contributed by atoms with van der Waals surface area (Å²) in [6, 6.07) is 3.80. The third-order valence-electron chi connectivity index (χ3n) is 3.47. The molecule has 2 unspecified atom stereocenters. The Hall–Kier alpha value is -0.740. The average molecular weight is 329 g/mol. The number of rotatable bonds is 4. The van der Waals surface area contributed by atoms with E-state index in [0.717, 1.165) is 40.8 Å². The van der Waals surface area contributed by atoms with Gasteiger partial charge in [0.1, 0.15) is 0 Å². The van der Waals surface area contributed by atoms with E-state index in [1.54, 1.807) is 0 Å². The van der Waals surface area contributed by atoms with Gasteiger partial charge in [-0.1, -0.05) is 36.2 Å². The van der Waals surface area contributed by atoms with Crippen molar-refractivity contribution in [3.05, 3.63) is 22.2 Å². The van der Waals surface area contributed by atoms with Gasteiger partial charge in [0.05, 0.1) is 19.3 Å². The van der Waals surface area contributed by atoms with Crippen LogP contribution in [0.2, 0.25) is 0 Å². The van der Waals surface area contributed by atoms with Gasteiger partial charge in [0.15, 0.2) is 11.5 Å². The number of hydrogen-bond acceptors (Lipinski definition) is 3. The molecule has 0 amide bonds. The zero-order valence-corrected chi connectivity index (χ0v) is 13.1. The van der Waals surface area contributed by atoms with Crippen molar-refractivity contribution >= 4 is 15.9 Å². The zero-order chi connectivity index (χ0) is 13.8. The number of halogens is 1. The largest absolute Gasteiger partial charge is 0.490 e. The monoisotopic (exact) mass is 328 g/mol. The molecule has 19 heavy (non-hydrogen) atoms. The molecule has 0 radical (unpaired) electrons. The topological polar surface area (TPSA) is 38.7 Å². The number of aliphatic hydroxyl groups excluding tert-OH is 1. The van der Waals surface area contributed by atoms with Crippen LogP contribution in [0, 0.1) is 5.92 Å². The highest BCUT2D eigenvalue weighted by Crippen LogP contribution is 2.39. The molecule has 1 aromatic carbocycles. The molecule has 1 N–H and O–H groups in total. The lowest BCUT2D eigenvalue weighted by Crippen LogP contribution is -2.10. The minimum Gasteiger partial charge on any atom is -0.490 e. The number of fused-ring (bicyclic) bond motifs is 1. The molecule has 0 aromatic heterocycles. The molecule has 1 aliphatic heterocycles. The Morgan fingerprint density at radius 1 is 1.26 bits per heavy atom. The van der Waals surface area contributed by atoms with E-state index >= 15 is 0 Å². The number of ether oxygens (including phenoxy) is 2. The van der Waals surface area contributed by atoms with Gasteiger partial charge in [-0.15, -0.1) is 0 Å². The van der Waals surface area contributed by atoms with Gasteiger partial charge >= 0.3 is 0 Å². The van der Waals surface area contributed by atoms with Gasteiger partial charge in [-0.25, -0.2) is 0 Å². The Balaban J connectivity index is 2.28. The van der Waals surface area contributed by atoms with Gasteiger partial charge in [0.25, 0.3) is 0 Å². The van der Waals surface area contributed by atoms with Crippen LogP contribution in [0.25, 0.3) is 0 Å². The van der Waals surface area contributed by atoms with Gasteiger partial charge < -0.3 is 14.6 Å². The summed E-state index contributed by atoms with van der Waals surface area (Å²) in [5, 5.41) is 10.4. The lowest BCUT2D eigenvalue weighted by atomic mass is 9.93. The predicted octanol–water partition coefficient (Wildman–Crippen LogP) is 4.08. The van der Waals surface area contributed by atoms with Crippen LogP contribution in [0.4, 0.5) is 0 Å². The second-order valence-corrected chi connectivity index (χ2v) is 5.94. The summed E-state index contributed by atoms with van der Waals surface area (Å²) in [5.74, 6) is 1.72. The summed E-state index contributed by atoms with van der Waals surface area (Å²) in [6.45, 7) is 5.54. The summed E-state index contributed by atoms with van der Waals surface area (Å²) in [5.41, 5.74) is 0.880. The molecule has 1 aliphatic rings. The van der Waals surface area contributed by atoms with E-state index in [2.05, 4.69) is 29.8 Å². The van der Waals surface area contributed by atoms with Crippen molar-refractivity contribution in [1.82, 2.24) is 0 Å². The lowest BCUT2D eigenvalue weighted by molar-refractivity contribution is 0.111. The molecule has 2 atom stereocenters. The van der Waals surface area contributed by atoms with Gasteiger partial charge in [-0.3, -0.25) is 0 Å². The van der Waals surface area contributed by atoms with Crippen LogP contribution in [0.5, 0.6) is 11.5 Å². The standard InChI is InChI=1S/C15H21BrO3/c1-3-5-10(2)15(17)11-8-13-14(9-12(11)16)19-7-4-6-18-13/h8-10,15,17H,3-7H2,1-2H3. The highest BCUT2D eigenvalue weighted by molar-refractivity contribution is 9.10. The Bertz CT molecular complexity index is 434. The molecule has 0 spiro atoms. The predicted molar refractivity (Wildman–Crippen MR) is 78.8 cm³/mol. The van der Waals surface area contributed by atoms with Gasteiger partial charge in [0, 0.05) is 10.9 Å². The molecular formula is C15H21BrO3. The average Bonchev–Trinajstić information content (AvgIpc) is 2.62. The van der Waals surface area contributed by atoms with Crippen LogP contribution in [-0.2, 0) is 0 Å². The molecule has 1 aromatic rings. The number of hydrogen-bond donors (Lipinski definition) is 1. The first-order valence-corrected chi connectivity index (χ1v) is 7.70. The smallest absolute Gasteiger partial charge is 0.162 e. The lowest BCUT2D eigenvalue weighted by Gasteiger charge is -2.21. The van der Waals surface area contributed by atoms with E-state index in [1.165, 1.54) is 0 Å². The Morgan fingerprint density at radius 2 is 1.89 bits per heavy atom. The van der Waals surface area contributed by atoms with E-state index in [1.807, 2.05) is 12.1 Å². The van der Waals surface area contributed by atoms with E-state index < -0.39 is 6.10 Å². The fourth-order valence-electron chi connectivity index (χ4n) is 2.35. The van der Waals surface area contributed by atoms with Crippen molar-refractivity contribution in [3.8, 4) is 11.5 Å². The van der Waals surface area contributed by atoms with E-state index in [9.17, 15) is 5.11 Å². The summed E-state index contributed by atoms with van der Waals surface area (Å²) in [6.07, 6.45) is 2.48. The number of benzene rings is 1. The van der Waals surface area contributed by atoms with Crippen LogP contribution in [0.3, 0.4) is 0 Å². The van der Waals surface area contributed by atoms with Crippen molar-refractivity contribution in [2.75, 3.05) is 13.2 Å². The normalized spacial score (nSPS) is 17.7.